The Bertz CT molecular complexity index is 732. The van der Waals surface area contributed by atoms with E-state index in [2.05, 4.69) is 27.8 Å². The van der Waals surface area contributed by atoms with Crippen LogP contribution in [0.5, 0.6) is 0 Å². The van der Waals surface area contributed by atoms with E-state index in [0.717, 1.165) is 24.2 Å². The van der Waals surface area contributed by atoms with Crippen LogP contribution in [0.4, 0.5) is 4.79 Å². The zero-order valence-electron chi connectivity index (χ0n) is 15.6. The minimum Gasteiger partial charge on any atom is -0.383 e. The Morgan fingerprint density at radius 2 is 2.04 bits per heavy atom. The van der Waals surface area contributed by atoms with E-state index < -0.39 is 5.60 Å². The van der Waals surface area contributed by atoms with Crippen LogP contribution in [0.25, 0.3) is 0 Å². The highest BCUT2D eigenvalue weighted by atomic mass is 16.3. The fourth-order valence-corrected chi connectivity index (χ4v) is 2.76. The largest absolute Gasteiger partial charge is 0.383 e. The van der Waals surface area contributed by atoms with Crippen molar-refractivity contribution in [2.24, 2.45) is 14.1 Å². The van der Waals surface area contributed by atoms with Crippen molar-refractivity contribution in [2.45, 2.75) is 39.2 Å². The number of nitrogens with one attached hydrogen (secondary N) is 2. The molecule has 0 radical (unpaired) electrons. The maximum atomic E-state index is 11.9. The number of amides is 2. The maximum Gasteiger partial charge on any atom is 0.314 e. The number of aromatic nitrogens is 4. The minimum atomic E-state index is -1.16. The quantitative estimate of drug-likeness (QED) is 0.648. The van der Waals surface area contributed by atoms with Crippen LogP contribution in [0, 0.1) is 13.8 Å². The lowest BCUT2D eigenvalue weighted by Crippen LogP contribution is -2.43. The molecule has 0 aliphatic rings. The molecule has 2 amide bonds. The van der Waals surface area contributed by atoms with Crippen molar-refractivity contribution >= 4 is 6.03 Å². The molecule has 1 unspecified atom stereocenters. The lowest BCUT2D eigenvalue weighted by Gasteiger charge is -2.22. The molecule has 0 fully saturated rings. The third-order valence-electron chi connectivity index (χ3n) is 4.47. The van der Waals surface area contributed by atoms with Gasteiger partial charge in [0.15, 0.2) is 0 Å². The number of hydrogen-bond donors (Lipinski definition) is 3. The molecule has 0 spiro atoms. The molecule has 2 heterocycles. The average Bonchev–Trinajstić information content (AvgIpc) is 3.08. The molecule has 0 saturated heterocycles. The lowest BCUT2D eigenvalue weighted by atomic mass is 10.00. The summed E-state index contributed by atoms with van der Waals surface area (Å²) in [4.78, 5) is 11.9. The van der Waals surface area contributed by atoms with E-state index in [1.54, 1.807) is 31.0 Å². The first-order chi connectivity index (χ1) is 11.7. The van der Waals surface area contributed by atoms with Crippen LogP contribution in [0.3, 0.4) is 0 Å². The van der Waals surface area contributed by atoms with Gasteiger partial charge in [0.2, 0.25) is 0 Å². The Labute approximate surface area is 148 Å². The van der Waals surface area contributed by atoms with Gasteiger partial charge in [0.25, 0.3) is 0 Å². The second-order valence-electron chi connectivity index (χ2n) is 6.66. The number of rotatable bonds is 7. The first kappa shape index (κ1) is 19.0. The molecule has 1 atom stereocenters. The molecule has 8 nitrogen and oxygen atoms in total. The molecule has 0 saturated carbocycles. The van der Waals surface area contributed by atoms with Gasteiger partial charge in [-0.2, -0.15) is 10.2 Å². The predicted octanol–water partition coefficient (Wildman–Crippen LogP) is 0.910. The van der Waals surface area contributed by atoms with Crippen molar-refractivity contribution in [2.75, 3.05) is 13.1 Å². The van der Waals surface area contributed by atoms with E-state index in [0.29, 0.717) is 12.1 Å². The summed E-state index contributed by atoms with van der Waals surface area (Å²) in [5.41, 5.74) is 2.95. The van der Waals surface area contributed by atoms with Gasteiger partial charge in [0, 0.05) is 38.1 Å². The number of urea groups is 1. The molecule has 0 aliphatic carbocycles. The monoisotopic (exact) mass is 348 g/mol. The normalized spacial score (nSPS) is 13.5. The number of carbonyl (C=O) groups is 1. The van der Waals surface area contributed by atoms with E-state index in [9.17, 15) is 9.90 Å². The molecule has 2 aromatic rings. The SMILES string of the molecule is Cc1nn(C)c(C)c1CCCNC(=O)NCC(C)(O)c1cnn(C)c1. The Kier molecular flexibility index (Phi) is 5.84. The van der Waals surface area contributed by atoms with Crippen LogP contribution in [0.15, 0.2) is 12.4 Å². The molecule has 25 heavy (non-hydrogen) atoms. The summed E-state index contributed by atoms with van der Waals surface area (Å²) in [6, 6.07) is -0.288. The summed E-state index contributed by atoms with van der Waals surface area (Å²) >= 11 is 0. The van der Waals surface area contributed by atoms with Crippen LogP contribution < -0.4 is 10.6 Å². The van der Waals surface area contributed by atoms with Gasteiger partial charge in [-0.3, -0.25) is 9.36 Å². The molecule has 8 heteroatoms. The van der Waals surface area contributed by atoms with Crippen molar-refractivity contribution < 1.29 is 9.90 Å². The van der Waals surface area contributed by atoms with Crippen LogP contribution in [0.1, 0.15) is 35.9 Å². The van der Waals surface area contributed by atoms with Crippen LogP contribution in [-0.4, -0.2) is 43.8 Å². The topological polar surface area (TPSA) is 97.0 Å². The average molecular weight is 348 g/mol. The molecular formula is C17H28N6O2. The van der Waals surface area contributed by atoms with Gasteiger partial charge >= 0.3 is 6.03 Å². The molecule has 2 rings (SSSR count). The van der Waals surface area contributed by atoms with Crippen molar-refractivity contribution in [1.82, 2.24) is 30.2 Å². The Balaban J connectivity index is 1.72. The molecule has 0 aliphatic heterocycles. The zero-order valence-corrected chi connectivity index (χ0v) is 15.6. The van der Waals surface area contributed by atoms with Crippen molar-refractivity contribution in [3.05, 3.63) is 34.9 Å². The van der Waals surface area contributed by atoms with E-state index in [-0.39, 0.29) is 12.6 Å². The standard InChI is InChI=1S/C17H28N6O2/c1-12-15(13(2)23(5)21-12)7-6-8-18-16(24)19-11-17(3,25)14-9-20-22(4)10-14/h9-10,25H,6-8,11H2,1-5H3,(H2,18,19,24). The zero-order chi connectivity index (χ0) is 18.6. The van der Waals surface area contributed by atoms with Crippen molar-refractivity contribution in [3.8, 4) is 0 Å². The Morgan fingerprint density at radius 3 is 2.60 bits per heavy atom. The summed E-state index contributed by atoms with van der Waals surface area (Å²) in [7, 11) is 3.72. The third-order valence-corrected chi connectivity index (χ3v) is 4.47. The Morgan fingerprint density at radius 1 is 1.32 bits per heavy atom. The lowest BCUT2D eigenvalue weighted by molar-refractivity contribution is 0.0593. The van der Waals surface area contributed by atoms with Crippen LogP contribution in [-0.2, 0) is 26.1 Å². The third kappa shape index (κ3) is 4.82. The summed E-state index contributed by atoms with van der Waals surface area (Å²) in [6.45, 7) is 6.39. The Hall–Kier alpha value is -2.35. The smallest absolute Gasteiger partial charge is 0.314 e. The number of aliphatic hydroxyl groups is 1. The van der Waals surface area contributed by atoms with Crippen molar-refractivity contribution in [1.29, 1.82) is 0 Å². The van der Waals surface area contributed by atoms with Gasteiger partial charge in [-0.1, -0.05) is 0 Å². The minimum absolute atomic E-state index is 0.116. The molecule has 0 aromatic carbocycles. The first-order valence-corrected chi connectivity index (χ1v) is 8.43. The van der Waals surface area contributed by atoms with Gasteiger partial charge in [0.1, 0.15) is 5.60 Å². The van der Waals surface area contributed by atoms with Gasteiger partial charge in [-0.05, 0) is 39.2 Å². The van der Waals surface area contributed by atoms with Crippen LogP contribution in [0.2, 0.25) is 0 Å². The summed E-state index contributed by atoms with van der Waals surface area (Å²) in [6.07, 6.45) is 5.04. The maximum absolute atomic E-state index is 11.9. The van der Waals surface area contributed by atoms with Gasteiger partial charge in [-0.25, -0.2) is 4.79 Å². The van der Waals surface area contributed by atoms with E-state index in [4.69, 9.17) is 0 Å². The summed E-state index contributed by atoms with van der Waals surface area (Å²) in [5.74, 6) is 0. The van der Waals surface area contributed by atoms with E-state index >= 15 is 0 Å². The first-order valence-electron chi connectivity index (χ1n) is 8.43. The predicted molar refractivity (Wildman–Crippen MR) is 95.2 cm³/mol. The second kappa shape index (κ2) is 7.69. The van der Waals surface area contributed by atoms with Gasteiger partial charge in [0.05, 0.1) is 18.4 Å². The highest BCUT2D eigenvalue weighted by Gasteiger charge is 2.25. The summed E-state index contributed by atoms with van der Waals surface area (Å²) < 4.78 is 3.50. The second-order valence-corrected chi connectivity index (χ2v) is 6.66. The van der Waals surface area contributed by atoms with E-state index in [1.165, 1.54) is 5.56 Å². The number of carbonyl (C=O) groups excluding carboxylic acids is 1. The molecular weight excluding hydrogens is 320 g/mol. The fraction of sp³-hybridized carbons (Fsp3) is 0.588. The van der Waals surface area contributed by atoms with Crippen LogP contribution >= 0.6 is 0 Å². The van der Waals surface area contributed by atoms with Crippen molar-refractivity contribution in [3.63, 3.8) is 0 Å². The number of hydrogen-bond acceptors (Lipinski definition) is 4. The molecule has 138 valence electrons. The number of aryl methyl sites for hydroxylation is 3. The molecule has 0 bridgehead atoms. The number of nitrogens with zero attached hydrogens (tertiary/aromatic N) is 4. The molecule has 3 N–H and O–H groups in total. The molecule has 2 aromatic heterocycles. The summed E-state index contributed by atoms with van der Waals surface area (Å²) in [5, 5.41) is 24.4. The van der Waals surface area contributed by atoms with E-state index in [1.807, 2.05) is 18.7 Å². The highest BCUT2D eigenvalue weighted by Crippen LogP contribution is 2.18. The van der Waals surface area contributed by atoms with Gasteiger partial charge in [-0.15, -0.1) is 0 Å². The van der Waals surface area contributed by atoms with Gasteiger partial charge < -0.3 is 15.7 Å². The highest BCUT2D eigenvalue weighted by molar-refractivity contribution is 5.73. The fourth-order valence-electron chi connectivity index (χ4n) is 2.76.